The summed E-state index contributed by atoms with van der Waals surface area (Å²) in [6.07, 6.45) is -0.889. The first-order valence-corrected chi connectivity index (χ1v) is 6.05. The summed E-state index contributed by atoms with van der Waals surface area (Å²) in [5.74, 6) is -0.161. The zero-order chi connectivity index (χ0) is 13.1. The molecule has 3 heteroatoms. The maximum Gasteiger partial charge on any atom is 0.207 e. The predicted molar refractivity (Wildman–Crippen MR) is 72.6 cm³/mol. The second kappa shape index (κ2) is 5.29. The number of hydrogen-bond donors (Lipinski definition) is 1. The summed E-state index contributed by atoms with van der Waals surface area (Å²) in [5, 5.41) is 1.97. The second-order valence-corrected chi connectivity index (χ2v) is 4.22. The van der Waals surface area contributed by atoms with Gasteiger partial charge in [-0.05, 0) is 30.2 Å². The van der Waals surface area contributed by atoms with Crippen molar-refractivity contribution in [2.45, 2.75) is 20.1 Å². The van der Waals surface area contributed by atoms with Crippen LogP contribution in [0.25, 0.3) is 10.8 Å². The number of benzene rings is 2. The van der Waals surface area contributed by atoms with E-state index in [9.17, 15) is 4.79 Å². The van der Waals surface area contributed by atoms with Crippen LogP contribution in [-0.2, 0) is 4.74 Å². The molecule has 3 nitrogen and oxygen atoms in total. The van der Waals surface area contributed by atoms with Gasteiger partial charge < -0.3 is 4.74 Å². The Morgan fingerprint density at radius 2 is 2.00 bits per heavy atom. The van der Waals surface area contributed by atoms with Crippen molar-refractivity contribution in [3.8, 4) is 0 Å². The highest BCUT2D eigenvalue weighted by molar-refractivity contribution is 6.11. The first kappa shape index (κ1) is 12.7. The Morgan fingerprint density at radius 1 is 1.28 bits per heavy atom. The molecule has 0 saturated heterocycles. The minimum absolute atomic E-state index is 0.161. The number of fused-ring (bicyclic) bond motifs is 1. The maximum atomic E-state index is 12.3. The van der Waals surface area contributed by atoms with E-state index in [4.69, 9.17) is 10.5 Å². The Hall–Kier alpha value is -1.71. The quantitative estimate of drug-likeness (QED) is 0.663. The molecule has 0 bridgehead atoms. The molecule has 0 aliphatic carbocycles. The van der Waals surface area contributed by atoms with E-state index in [1.807, 2.05) is 50.2 Å². The smallest absolute Gasteiger partial charge is 0.207 e. The second-order valence-electron chi connectivity index (χ2n) is 4.22. The highest BCUT2D eigenvalue weighted by Crippen LogP contribution is 2.23. The van der Waals surface area contributed by atoms with Crippen LogP contribution in [0.3, 0.4) is 0 Å². The zero-order valence-corrected chi connectivity index (χ0v) is 10.6. The fourth-order valence-electron chi connectivity index (χ4n) is 2.11. The number of hydrogen-bond acceptors (Lipinski definition) is 3. The van der Waals surface area contributed by atoms with E-state index in [-0.39, 0.29) is 5.78 Å². The minimum atomic E-state index is -0.889. The number of carbonyl (C=O) groups is 1. The van der Waals surface area contributed by atoms with Gasteiger partial charge in [-0.1, -0.05) is 36.4 Å². The molecular formula is C15H17NO2. The fraction of sp³-hybridized carbons (Fsp3) is 0.267. The van der Waals surface area contributed by atoms with Crippen LogP contribution in [-0.4, -0.2) is 18.6 Å². The Labute approximate surface area is 107 Å². The van der Waals surface area contributed by atoms with Crippen molar-refractivity contribution < 1.29 is 9.53 Å². The van der Waals surface area contributed by atoms with Crippen LogP contribution >= 0.6 is 0 Å². The Balaban J connectivity index is 2.55. The van der Waals surface area contributed by atoms with Crippen molar-refractivity contribution in [1.82, 2.24) is 0 Å². The van der Waals surface area contributed by atoms with Gasteiger partial charge in [-0.3, -0.25) is 10.5 Å². The van der Waals surface area contributed by atoms with Crippen molar-refractivity contribution in [2.75, 3.05) is 6.61 Å². The number of ether oxygens (including phenoxy) is 1. The number of rotatable bonds is 4. The van der Waals surface area contributed by atoms with Crippen LogP contribution in [0, 0.1) is 6.92 Å². The van der Waals surface area contributed by atoms with Crippen molar-refractivity contribution in [2.24, 2.45) is 5.73 Å². The molecule has 0 saturated carbocycles. The van der Waals surface area contributed by atoms with Gasteiger partial charge in [0.1, 0.15) is 0 Å². The zero-order valence-electron chi connectivity index (χ0n) is 10.6. The first-order valence-electron chi connectivity index (χ1n) is 6.05. The molecule has 0 aliphatic rings. The van der Waals surface area contributed by atoms with E-state index in [2.05, 4.69) is 0 Å². The van der Waals surface area contributed by atoms with Crippen molar-refractivity contribution >= 4 is 16.6 Å². The highest BCUT2D eigenvalue weighted by Gasteiger charge is 2.20. The lowest BCUT2D eigenvalue weighted by molar-refractivity contribution is 0.0480. The van der Waals surface area contributed by atoms with Crippen molar-refractivity contribution in [1.29, 1.82) is 0 Å². The van der Waals surface area contributed by atoms with Crippen LogP contribution < -0.4 is 5.73 Å². The summed E-state index contributed by atoms with van der Waals surface area (Å²) in [4.78, 5) is 12.3. The molecule has 18 heavy (non-hydrogen) atoms. The Bertz CT molecular complexity index is 578. The molecular weight excluding hydrogens is 226 g/mol. The Morgan fingerprint density at radius 3 is 2.72 bits per heavy atom. The van der Waals surface area contributed by atoms with E-state index in [1.54, 1.807) is 0 Å². The van der Waals surface area contributed by atoms with Gasteiger partial charge in [0, 0.05) is 12.2 Å². The minimum Gasteiger partial charge on any atom is -0.356 e. The monoisotopic (exact) mass is 243 g/mol. The largest absolute Gasteiger partial charge is 0.356 e. The van der Waals surface area contributed by atoms with Crippen molar-refractivity contribution in [3.05, 3.63) is 47.5 Å². The fourth-order valence-corrected chi connectivity index (χ4v) is 2.11. The third kappa shape index (κ3) is 2.28. The third-order valence-electron chi connectivity index (χ3n) is 2.99. The van der Waals surface area contributed by atoms with E-state index in [0.29, 0.717) is 12.2 Å². The van der Waals surface area contributed by atoms with E-state index in [0.717, 1.165) is 16.3 Å². The lowest BCUT2D eigenvalue weighted by Crippen LogP contribution is -2.34. The number of nitrogens with two attached hydrogens (primary N) is 1. The number of carbonyl (C=O) groups excluding carboxylic acids is 1. The third-order valence-corrected chi connectivity index (χ3v) is 2.99. The van der Waals surface area contributed by atoms with Gasteiger partial charge >= 0.3 is 0 Å². The molecule has 94 valence electrons. The highest BCUT2D eigenvalue weighted by atomic mass is 16.5. The van der Waals surface area contributed by atoms with E-state index >= 15 is 0 Å². The van der Waals surface area contributed by atoms with Gasteiger partial charge in [-0.15, -0.1) is 0 Å². The molecule has 2 aromatic carbocycles. The molecule has 0 fully saturated rings. The van der Waals surface area contributed by atoms with Crippen LogP contribution in [0.1, 0.15) is 22.8 Å². The number of Topliss-reactive ketones (excluding diaryl/α,β-unsaturated/α-hetero) is 1. The Kier molecular flexibility index (Phi) is 3.75. The SMILES string of the molecule is CCOC(N)C(=O)c1c(C)ccc2ccccc12. The van der Waals surface area contributed by atoms with Crippen LogP contribution in [0.2, 0.25) is 0 Å². The molecule has 2 N–H and O–H groups in total. The van der Waals surface area contributed by atoms with Gasteiger partial charge in [0.05, 0.1) is 0 Å². The molecule has 0 amide bonds. The molecule has 0 radical (unpaired) electrons. The van der Waals surface area contributed by atoms with Crippen LogP contribution in [0.15, 0.2) is 36.4 Å². The summed E-state index contributed by atoms with van der Waals surface area (Å²) < 4.78 is 5.19. The lowest BCUT2D eigenvalue weighted by Gasteiger charge is -2.14. The lowest BCUT2D eigenvalue weighted by atomic mass is 9.96. The molecule has 2 aromatic rings. The average molecular weight is 243 g/mol. The maximum absolute atomic E-state index is 12.3. The number of ketones is 1. The number of aryl methyl sites for hydroxylation is 1. The summed E-state index contributed by atoms with van der Waals surface area (Å²) in [5.41, 5.74) is 7.33. The summed E-state index contributed by atoms with van der Waals surface area (Å²) in [7, 11) is 0. The van der Waals surface area contributed by atoms with E-state index < -0.39 is 6.23 Å². The summed E-state index contributed by atoms with van der Waals surface area (Å²) >= 11 is 0. The molecule has 0 aromatic heterocycles. The normalized spacial score (nSPS) is 12.6. The van der Waals surface area contributed by atoms with Gasteiger partial charge in [-0.2, -0.15) is 0 Å². The van der Waals surface area contributed by atoms with Gasteiger partial charge in [0.15, 0.2) is 6.23 Å². The molecule has 0 spiro atoms. The topological polar surface area (TPSA) is 52.3 Å². The standard InChI is InChI=1S/C15H17NO2/c1-3-18-15(16)14(17)13-10(2)8-9-11-6-4-5-7-12(11)13/h4-9,15H,3,16H2,1-2H3. The molecule has 1 atom stereocenters. The van der Waals surface area contributed by atoms with Crippen molar-refractivity contribution in [3.63, 3.8) is 0 Å². The predicted octanol–water partition coefficient (Wildman–Crippen LogP) is 2.65. The molecule has 2 rings (SSSR count). The van der Waals surface area contributed by atoms with Crippen LogP contribution in [0.5, 0.6) is 0 Å². The summed E-state index contributed by atoms with van der Waals surface area (Å²) in [6, 6.07) is 11.7. The molecule has 0 aliphatic heterocycles. The average Bonchev–Trinajstić information content (AvgIpc) is 2.38. The molecule has 0 heterocycles. The molecule has 1 unspecified atom stereocenters. The van der Waals surface area contributed by atoms with Crippen LogP contribution in [0.4, 0.5) is 0 Å². The van der Waals surface area contributed by atoms with Gasteiger partial charge in [0.25, 0.3) is 0 Å². The summed E-state index contributed by atoms with van der Waals surface area (Å²) in [6.45, 7) is 4.16. The van der Waals surface area contributed by atoms with Gasteiger partial charge in [-0.25, -0.2) is 0 Å². The van der Waals surface area contributed by atoms with Gasteiger partial charge in [0.2, 0.25) is 5.78 Å². The van der Waals surface area contributed by atoms with E-state index in [1.165, 1.54) is 0 Å². The first-order chi connectivity index (χ1) is 8.65.